The molecule has 5 heterocycles. The highest BCUT2D eigenvalue weighted by atomic mass is 16.2. The van der Waals surface area contributed by atoms with Crippen molar-refractivity contribution in [3.8, 4) is 0 Å². The lowest BCUT2D eigenvalue weighted by Crippen LogP contribution is -2.37. The standard InChI is InChI=1S/C27H31N7O3/c1-15-21-13-29-27(32-25(21)34(19-5-3-4-6-19)26(37)24(15)16(2)35)31-22-10-9-20(12-28-22)33-14-18-8-7-17(30-18)11-23(33)36/h9-10,12-13,17-19,30H,3-8,11,14H2,1-2H3,(H,28,29,31,32). The summed E-state index contributed by atoms with van der Waals surface area (Å²) in [5, 5.41) is 7.37. The Morgan fingerprint density at radius 2 is 1.84 bits per heavy atom. The van der Waals surface area contributed by atoms with Crippen LogP contribution in [-0.2, 0) is 4.79 Å². The largest absolute Gasteiger partial charge is 0.309 e. The van der Waals surface area contributed by atoms with Gasteiger partial charge in [-0.2, -0.15) is 4.98 Å². The molecular formula is C27H31N7O3. The minimum atomic E-state index is -0.276. The fraction of sp³-hybridized carbons (Fsp3) is 0.481. The van der Waals surface area contributed by atoms with Gasteiger partial charge in [0.05, 0.1) is 17.4 Å². The third kappa shape index (κ3) is 4.29. The van der Waals surface area contributed by atoms with Crippen molar-refractivity contribution in [2.24, 2.45) is 0 Å². The fourth-order valence-electron chi connectivity index (χ4n) is 6.14. The van der Waals surface area contributed by atoms with Crippen LogP contribution in [-0.4, -0.2) is 49.8 Å². The maximum atomic E-state index is 13.4. The molecule has 1 saturated carbocycles. The second kappa shape index (κ2) is 9.33. The molecule has 2 atom stereocenters. The first kappa shape index (κ1) is 23.7. The number of anilines is 3. The zero-order chi connectivity index (χ0) is 25.7. The molecule has 1 amide bonds. The third-order valence-corrected chi connectivity index (χ3v) is 8.01. The van der Waals surface area contributed by atoms with Gasteiger partial charge in [-0.3, -0.25) is 19.0 Å². The van der Waals surface area contributed by atoms with Crippen LogP contribution in [0, 0.1) is 6.92 Å². The van der Waals surface area contributed by atoms with Crippen LogP contribution in [0.5, 0.6) is 0 Å². The molecule has 0 aromatic carbocycles. The van der Waals surface area contributed by atoms with Gasteiger partial charge in [0, 0.05) is 42.7 Å². The Morgan fingerprint density at radius 3 is 2.57 bits per heavy atom. The molecule has 3 fully saturated rings. The molecule has 10 heteroatoms. The monoisotopic (exact) mass is 501 g/mol. The molecule has 37 heavy (non-hydrogen) atoms. The summed E-state index contributed by atoms with van der Waals surface area (Å²) >= 11 is 0. The number of carbonyl (C=O) groups excluding carboxylic acids is 2. The maximum Gasteiger partial charge on any atom is 0.263 e. The molecule has 2 aliphatic heterocycles. The summed E-state index contributed by atoms with van der Waals surface area (Å²) in [6.45, 7) is 3.86. The summed E-state index contributed by atoms with van der Waals surface area (Å²) in [5.41, 5.74) is 1.85. The first-order valence-corrected chi connectivity index (χ1v) is 13.1. The van der Waals surface area contributed by atoms with Crippen LogP contribution in [0.25, 0.3) is 11.0 Å². The Morgan fingerprint density at radius 1 is 1.05 bits per heavy atom. The summed E-state index contributed by atoms with van der Waals surface area (Å²) in [5.74, 6) is 0.734. The molecule has 192 valence electrons. The van der Waals surface area contributed by atoms with E-state index in [1.807, 2.05) is 11.0 Å². The number of carbonyl (C=O) groups is 2. The van der Waals surface area contributed by atoms with Crippen molar-refractivity contribution in [3.63, 3.8) is 0 Å². The number of nitrogens with zero attached hydrogens (tertiary/aromatic N) is 5. The van der Waals surface area contributed by atoms with Gasteiger partial charge in [0.2, 0.25) is 11.9 Å². The average molecular weight is 502 g/mol. The lowest BCUT2D eigenvalue weighted by Gasteiger charge is -2.24. The highest BCUT2D eigenvalue weighted by Crippen LogP contribution is 2.32. The van der Waals surface area contributed by atoms with E-state index in [1.165, 1.54) is 6.92 Å². The number of aryl methyl sites for hydroxylation is 1. The number of nitrogens with one attached hydrogen (secondary N) is 2. The smallest absolute Gasteiger partial charge is 0.263 e. The predicted molar refractivity (Wildman–Crippen MR) is 140 cm³/mol. The van der Waals surface area contributed by atoms with E-state index in [-0.39, 0.29) is 34.9 Å². The number of hydrogen-bond acceptors (Lipinski definition) is 8. The number of aromatic nitrogens is 4. The molecule has 2 unspecified atom stereocenters. The summed E-state index contributed by atoms with van der Waals surface area (Å²) < 4.78 is 1.70. The topological polar surface area (TPSA) is 122 Å². The van der Waals surface area contributed by atoms with Gasteiger partial charge in [-0.1, -0.05) is 12.8 Å². The molecule has 2 saturated heterocycles. The SMILES string of the molecule is CC(=O)c1c(C)c2cnc(Nc3ccc(N4CC5CCC(CC4=O)N5)cn3)nc2n(C2CCCC2)c1=O. The zero-order valence-electron chi connectivity index (χ0n) is 21.2. The van der Waals surface area contributed by atoms with Crippen LogP contribution in [0.3, 0.4) is 0 Å². The minimum absolute atomic E-state index is 0.0183. The van der Waals surface area contributed by atoms with E-state index in [0.717, 1.165) is 44.2 Å². The number of amides is 1. The molecule has 3 aliphatic rings. The Labute approximate surface area is 214 Å². The summed E-state index contributed by atoms with van der Waals surface area (Å²) in [6.07, 6.45) is 9.88. The van der Waals surface area contributed by atoms with Crippen molar-refractivity contribution in [2.75, 3.05) is 16.8 Å². The zero-order valence-corrected chi connectivity index (χ0v) is 21.2. The van der Waals surface area contributed by atoms with Crippen LogP contribution in [0.2, 0.25) is 0 Å². The first-order chi connectivity index (χ1) is 17.9. The van der Waals surface area contributed by atoms with Crippen LogP contribution in [0.15, 0.2) is 29.3 Å². The summed E-state index contributed by atoms with van der Waals surface area (Å²) in [4.78, 5) is 54.0. The molecule has 6 rings (SSSR count). The van der Waals surface area contributed by atoms with E-state index in [9.17, 15) is 14.4 Å². The van der Waals surface area contributed by atoms with Gasteiger partial charge in [-0.05, 0) is 57.2 Å². The number of Topliss-reactive ketones (excluding diaryl/α,β-unsaturated/α-hetero) is 1. The normalized spacial score (nSPS) is 22.0. The van der Waals surface area contributed by atoms with Gasteiger partial charge < -0.3 is 15.5 Å². The van der Waals surface area contributed by atoms with Crippen LogP contribution >= 0.6 is 0 Å². The second-order valence-electron chi connectivity index (χ2n) is 10.5. The van der Waals surface area contributed by atoms with Crippen molar-refractivity contribution in [2.45, 2.75) is 76.9 Å². The minimum Gasteiger partial charge on any atom is -0.309 e. The number of hydrogen-bond donors (Lipinski definition) is 2. The van der Waals surface area contributed by atoms with E-state index in [1.54, 1.807) is 30.0 Å². The van der Waals surface area contributed by atoms with Crippen molar-refractivity contribution >= 4 is 40.2 Å². The molecule has 1 aliphatic carbocycles. The lowest BCUT2D eigenvalue weighted by molar-refractivity contribution is -0.118. The summed E-state index contributed by atoms with van der Waals surface area (Å²) in [7, 11) is 0. The lowest BCUT2D eigenvalue weighted by atomic mass is 10.0. The van der Waals surface area contributed by atoms with Gasteiger partial charge in [0.15, 0.2) is 5.78 Å². The molecular weight excluding hydrogens is 470 g/mol. The average Bonchev–Trinajstić information content (AvgIpc) is 3.52. The molecule has 2 N–H and O–H groups in total. The quantitative estimate of drug-likeness (QED) is 0.510. The number of pyridine rings is 2. The van der Waals surface area contributed by atoms with Gasteiger partial charge in [0.1, 0.15) is 11.5 Å². The van der Waals surface area contributed by atoms with Crippen molar-refractivity contribution in [1.29, 1.82) is 0 Å². The summed E-state index contributed by atoms with van der Waals surface area (Å²) in [6, 6.07) is 4.30. The Balaban J connectivity index is 1.31. The molecule has 2 bridgehead atoms. The molecule has 3 aromatic heterocycles. The first-order valence-electron chi connectivity index (χ1n) is 13.1. The number of ketones is 1. The second-order valence-corrected chi connectivity index (χ2v) is 10.5. The van der Waals surface area contributed by atoms with E-state index in [0.29, 0.717) is 47.4 Å². The van der Waals surface area contributed by atoms with Gasteiger partial charge in [0.25, 0.3) is 5.56 Å². The van der Waals surface area contributed by atoms with Crippen molar-refractivity contribution in [1.82, 2.24) is 24.8 Å². The van der Waals surface area contributed by atoms with E-state index in [2.05, 4.69) is 20.6 Å². The molecule has 0 radical (unpaired) electrons. The third-order valence-electron chi connectivity index (χ3n) is 8.01. The maximum absolute atomic E-state index is 13.4. The van der Waals surface area contributed by atoms with Crippen molar-refractivity contribution < 1.29 is 9.59 Å². The van der Waals surface area contributed by atoms with Crippen LogP contribution in [0.4, 0.5) is 17.5 Å². The fourth-order valence-corrected chi connectivity index (χ4v) is 6.14. The molecule has 0 spiro atoms. The Hall–Kier alpha value is -3.66. The molecule has 3 aromatic rings. The van der Waals surface area contributed by atoms with Crippen LogP contribution < -0.4 is 21.1 Å². The van der Waals surface area contributed by atoms with Gasteiger partial charge >= 0.3 is 0 Å². The number of rotatable bonds is 5. The highest BCUT2D eigenvalue weighted by Gasteiger charge is 2.34. The molecule has 10 nitrogen and oxygen atoms in total. The Bertz CT molecular complexity index is 1440. The highest BCUT2D eigenvalue weighted by molar-refractivity contribution is 5.99. The van der Waals surface area contributed by atoms with Crippen molar-refractivity contribution in [3.05, 3.63) is 46.0 Å². The van der Waals surface area contributed by atoms with E-state index >= 15 is 0 Å². The van der Waals surface area contributed by atoms with Crippen LogP contribution in [0.1, 0.15) is 73.8 Å². The van der Waals surface area contributed by atoms with Gasteiger partial charge in [-0.15, -0.1) is 0 Å². The predicted octanol–water partition coefficient (Wildman–Crippen LogP) is 3.41. The number of fused-ring (bicyclic) bond motifs is 3. The Kier molecular flexibility index (Phi) is 5.98. The van der Waals surface area contributed by atoms with E-state index < -0.39 is 0 Å². The van der Waals surface area contributed by atoms with Gasteiger partial charge in [-0.25, -0.2) is 9.97 Å². The van der Waals surface area contributed by atoms with E-state index in [4.69, 9.17) is 4.98 Å².